The molecule has 1 aliphatic heterocycles. The first kappa shape index (κ1) is 21.7. The molecule has 10 heteroatoms. The van der Waals surface area contributed by atoms with Gasteiger partial charge < -0.3 is 5.32 Å². The Labute approximate surface area is 183 Å². The van der Waals surface area contributed by atoms with Crippen LogP contribution in [0.3, 0.4) is 0 Å². The van der Waals surface area contributed by atoms with E-state index in [1.54, 1.807) is 0 Å². The second kappa shape index (κ2) is 8.78. The highest BCUT2D eigenvalue weighted by Crippen LogP contribution is 2.33. The molecule has 2 aromatic rings. The normalized spacial score (nSPS) is 18.1. The van der Waals surface area contributed by atoms with Gasteiger partial charge in [0.05, 0.1) is 31.6 Å². The van der Waals surface area contributed by atoms with Crippen LogP contribution >= 0.6 is 46.4 Å². The predicted molar refractivity (Wildman–Crippen MR) is 113 cm³/mol. The number of piperidine rings is 1. The molecule has 150 valence electrons. The lowest BCUT2D eigenvalue weighted by Gasteiger charge is -2.31. The number of sulfonamides is 1. The van der Waals surface area contributed by atoms with E-state index >= 15 is 0 Å². The molecule has 3 rings (SSSR count). The standard InChI is InChI=1S/C18H16Cl4N2O3S/c19-12-3-5-13(6-4-12)28(26,27)24-7-1-2-11(10-24)18(25)23-17-9-15(21)14(20)8-16(17)22/h3-6,8-9,11H,1-2,7,10H2,(H,23,25)/t11-/m1/s1. The van der Waals surface area contributed by atoms with E-state index in [4.69, 9.17) is 46.4 Å². The van der Waals surface area contributed by atoms with Crippen LogP contribution in [0.25, 0.3) is 0 Å². The quantitative estimate of drug-likeness (QED) is 0.599. The van der Waals surface area contributed by atoms with E-state index in [9.17, 15) is 13.2 Å². The van der Waals surface area contributed by atoms with E-state index in [1.807, 2.05) is 0 Å². The van der Waals surface area contributed by atoms with E-state index in [-0.39, 0.29) is 32.4 Å². The highest BCUT2D eigenvalue weighted by Gasteiger charge is 2.33. The van der Waals surface area contributed by atoms with E-state index < -0.39 is 15.9 Å². The second-order valence-electron chi connectivity index (χ2n) is 6.39. The summed E-state index contributed by atoms with van der Waals surface area (Å²) in [6.07, 6.45) is 1.14. The molecule has 28 heavy (non-hydrogen) atoms. The Kier molecular flexibility index (Phi) is 6.80. The van der Waals surface area contributed by atoms with Crippen LogP contribution in [0.1, 0.15) is 12.8 Å². The molecule has 0 radical (unpaired) electrons. The van der Waals surface area contributed by atoms with Crippen LogP contribution in [-0.4, -0.2) is 31.7 Å². The zero-order valence-corrected chi connectivity index (χ0v) is 18.3. The Morgan fingerprint density at radius 1 is 1.00 bits per heavy atom. The van der Waals surface area contributed by atoms with Gasteiger partial charge in [0.1, 0.15) is 0 Å². The maximum atomic E-state index is 12.9. The van der Waals surface area contributed by atoms with Gasteiger partial charge in [-0.2, -0.15) is 4.31 Å². The number of carbonyl (C=O) groups excluding carboxylic acids is 1. The van der Waals surface area contributed by atoms with Crippen molar-refractivity contribution in [3.05, 3.63) is 56.5 Å². The molecule has 0 spiro atoms. The lowest BCUT2D eigenvalue weighted by Crippen LogP contribution is -2.43. The lowest BCUT2D eigenvalue weighted by molar-refractivity contribution is -0.120. The van der Waals surface area contributed by atoms with Crippen molar-refractivity contribution in [1.82, 2.24) is 4.31 Å². The highest BCUT2D eigenvalue weighted by atomic mass is 35.5. The zero-order chi connectivity index (χ0) is 20.5. The minimum Gasteiger partial charge on any atom is -0.324 e. The van der Waals surface area contributed by atoms with Gasteiger partial charge in [0.25, 0.3) is 0 Å². The Bertz CT molecular complexity index is 997. The third-order valence-corrected chi connectivity index (χ3v) is 7.64. The number of nitrogens with zero attached hydrogens (tertiary/aromatic N) is 1. The Balaban J connectivity index is 1.75. The fraction of sp³-hybridized carbons (Fsp3) is 0.278. The molecule has 2 aromatic carbocycles. The molecular formula is C18H16Cl4N2O3S. The van der Waals surface area contributed by atoms with E-state index in [1.165, 1.54) is 40.7 Å². The van der Waals surface area contributed by atoms with Gasteiger partial charge in [0, 0.05) is 18.1 Å². The highest BCUT2D eigenvalue weighted by molar-refractivity contribution is 7.89. The maximum Gasteiger partial charge on any atom is 0.243 e. The van der Waals surface area contributed by atoms with Gasteiger partial charge in [-0.1, -0.05) is 46.4 Å². The molecule has 1 fully saturated rings. The van der Waals surface area contributed by atoms with E-state index in [0.717, 1.165) is 0 Å². The summed E-state index contributed by atoms with van der Waals surface area (Å²) in [5.74, 6) is -0.836. The van der Waals surface area contributed by atoms with Crippen molar-refractivity contribution in [3.63, 3.8) is 0 Å². The SMILES string of the molecule is O=C(Nc1cc(Cl)c(Cl)cc1Cl)[C@@H]1CCCN(S(=O)(=O)c2ccc(Cl)cc2)C1. The largest absolute Gasteiger partial charge is 0.324 e. The van der Waals surface area contributed by atoms with E-state index in [2.05, 4.69) is 5.32 Å². The van der Waals surface area contributed by atoms with Crippen LogP contribution in [0.15, 0.2) is 41.3 Å². The number of anilines is 1. The van der Waals surface area contributed by atoms with Crippen molar-refractivity contribution in [3.8, 4) is 0 Å². The minimum atomic E-state index is -3.71. The summed E-state index contributed by atoms with van der Waals surface area (Å²) in [6, 6.07) is 8.87. The fourth-order valence-electron chi connectivity index (χ4n) is 2.98. The summed E-state index contributed by atoms with van der Waals surface area (Å²) in [6.45, 7) is 0.429. The summed E-state index contributed by atoms with van der Waals surface area (Å²) >= 11 is 23.8. The van der Waals surface area contributed by atoms with Crippen LogP contribution in [-0.2, 0) is 14.8 Å². The first-order chi connectivity index (χ1) is 13.2. The average molecular weight is 482 g/mol. The van der Waals surface area contributed by atoms with Crippen LogP contribution < -0.4 is 5.32 Å². The first-order valence-electron chi connectivity index (χ1n) is 8.39. The van der Waals surface area contributed by atoms with Gasteiger partial charge >= 0.3 is 0 Å². The van der Waals surface area contributed by atoms with Gasteiger partial charge in [0.15, 0.2) is 0 Å². The molecule has 0 bridgehead atoms. The van der Waals surface area contributed by atoms with Gasteiger partial charge in [0.2, 0.25) is 15.9 Å². The summed E-state index contributed by atoms with van der Waals surface area (Å²) in [5.41, 5.74) is 0.332. The van der Waals surface area contributed by atoms with Crippen molar-refractivity contribution in [2.75, 3.05) is 18.4 Å². The molecule has 5 nitrogen and oxygen atoms in total. The minimum absolute atomic E-state index is 0.0791. The van der Waals surface area contributed by atoms with Gasteiger partial charge in [-0.25, -0.2) is 8.42 Å². The fourth-order valence-corrected chi connectivity index (χ4v) is 5.23. The monoisotopic (exact) mass is 480 g/mol. The molecule has 1 aliphatic rings. The van der Waals surface area contributed by atoms with Crippen LogP contribution in [0.5, 0.6) is 0 Å². The third-order valence-electron chi connectivity index (χ3n) is 4.47. The van der Waals surface area contributed by atoms with Crippen molar-refractivity contribution >= 4 is 68.0 Å². The summed E-state index contributed by atoms with van der Waals surface area (Å²) in [4.78, 5) is 12.8. The molecular weight excluding hydrogens is 466 g/mol. The van der Waals surface area contributed by atoms with E-state index in [0.29, 0.717) is 30.1 Å². The molecule has 0 saturated carbocycles. The van der Waals surface area contributed by atoms with Gasteiger partial charge in [-0.15, -0.1) is 0 Å². The number of halogens is 4. The number of nitrogens with one attached hydrogen (secondary N) is 1. The molecule has 0 unspecified atom stereocenters. The zero-order valence-electron chi connectivity index (χ0n) is 14.5. The van der Waals surface area contributed by atoms with Crippen molar-refractivity contribution in [2.45, 2.75) is 17.7 Å². The van der Waals surface area contributed by atoms with Crippen LogP contribution in [0, 0.1) is 5.92 Å². The Hall–Kier alpha value is -1.02. The van der Waals surface area contributed by atoms with Gasteiger partial charge in [-0.3, -0.25) is 4.79 Å². The number of amides is 1. The topological polar surface area (TPSA) is 66.5 Å². The Morgan fingerprint density at radius 3 is 2.32 bits per heavy atom. The number of hydrogen-bond donors (Lipinski definition) is 1. The summed E-state index contributed by atoms with van der Waals surface area (Å²) < 4.78 is 27.0. The number of carbonyl (C=O) groups is 1. The van der Waals surface area contributed by atoms with Crippen molar-refractivity contribution < 1.29 is 13.2 Å². The smallest absolute Gasteiger partial charge is 0.243 e. The Morgan fingerprint density at radius 2 is 1.64 bits per heavy atom. The third kappa shape index (κ3) is 4.75. The average Bonchev–Trinajstić information content (AvgIpc) is 2.66. The summed E-state index contributed by atoms with van der Waals surface area (Å²) in [5, 5.41) is 3.96. The lowest BCUT2D eigenvalue weighted by atomic mass is 9.98. The molecule has 1 N–H and O–H groups in total. The first-order valence-corrected chi connectivity index (χ1v) is 11.3. The molecule has 1 amide bonds. The summed E-state index contributed by atoms with van der Waals surface area (Å²) in [7, 11) is -3.71. The van der Waals surface area contributed by atoms with Crippen LogP contribution in [0.2, 0.25) is 20.1 Å². The number of hydrogen-bond acceptors (Lipinski definition) is 3. The molecule has 0 aromatic heterocycles. The predicted octanol–water partition coefficient (Wildman–Crippen LogP) is 5.34. The maximum absolute atomic E-state index is 12.9. The number of rotatable bonds is 4. The van der Waals surface area contributed by atoms with Crippen molar-refractivity contribution in [1.29, 1.82) is 0 Å². The van der Waals surface area contributed by atoms with Crippen LogP contribution in [0.4, 0.5) is 5.69 Å². The molecule has 0 aliphatic carbocycles. The van der Waals surface area contributed by atoms with Gasteiger partial charge in [-0.05, 0) is 49.2 Å². The molecule has 1 heterocycles. The number of benzene rings is 2. The second-order valence-corrected chi connectivity index (χ2v) is 9.99. The van der Waals surface area contributed by atoms with Crippen molar-refractivity contribution in [2.24, 2.45) is 5.92 Å². The molecule has 1 atom stereocenters. The molecule has 1 saturated heterocycles.